The highest BCUT2D eigenvalue weighted by Crippen LogP contribution is 2.33. The Morgan fingerprint density at radius 2 is 2.00 bits per heavy atom. The van der Waals surface area contributed by atoms with E-state index in [2.05, 4.69) is 37.8 Å². The molecular formula is C17H28N2O. The van der Waals surface area contributed by atoms with E-state index in [1.807, 2.05) is 18.2 Å². The average Bonchev–Trinajstić information content (AvgIpc) is 2.43. The van der Waals surface area contributed by atoms with E-state index in [-0.39, 0.29) is 17.6 Å². The second-order valence-corrected chi connectivity index (χ2v) is 6.95. The van der Waals surface area contributed by atoms with Gasteiger partial charge >= 0.3 is 0 Å². The molecule has 1 aromatic carbocycles. The van der Waals surface area contributed by atoms with Crippen molar-refractivity contribution in [1.82, 2.24) is 4.90 Å². The first-order valence-corrected chi connectivity index (χ1v) is 7.61. The molecular weight excluding hydrogens is 248 g/mol. The monoisotopic (exact) mass is 276 g/mol. The van der Waals surface area contributed by atoms with Crippen molar-refractivity contribution >= 4 is 0 Å². The molecule has 0 aromatic heterocycles. The van der Waals surface area contributed by atoms with Crippen LogP contribution in [0.3, 0.4) is 0 Å². The van der Waals surface area contributed by atoms with Crippen LogP contribution >= 0.6 is 0 Å². The summed E-state index contributed by atoms with van der Waals surface area (Å²) >= 11 is 0. The average molecular weight is 276 g/mol. The maximum Gasteiger partial charge on any atom is 0.0590 e. The molecule has 3 atom stereocenters. The van der Waals surface area contributed by atoms with Gasteiger partial charge in [0.25, 0.3) is 0 Å². The molecule has 0 saturated carbocycles. The number of nitrogens with zero attached hydrogens (tertiary/aromatic N) is 1. The molecule has 2 rings (SSSR count). The Morgan fingerprint density at radius 3 is 2.60 bits per heavy atom. The van der Waals surface area contributed by atoms with Gasteiger partial charge in [0.2, 0.25) is 0 Å². The molecule has 0 bridgehead atoms. The Hall–Kier alpha value is -0.900. The van der Waals surface area contributed by atoms with Crippen LogP contribution in [0.5, 0.6) is 0 Å². The van der Waals surface area contributed by atoms with E-state index in [4.69, 9.17) is 5.73 Å². The third-order valence-corrected chi connectivity index (χ3v) is 4.58. The van der Waals surface area contributed by atoms with Crippen molar-refractivity contribution in [2.24, 2.45) is 17.1 Å². The molecule has 112 valence electrons. The van der Waals surface area contributed by atoms with E-state index in [0.717, 1.165) is 26.1 Å². The van der Waals surface area contributed by atoms with Crippen LogP contribution in [0.2, 0.25) is 0 Å². The van der Waals surface area contributed by atoms with Crippen molar-refractivity contribution in [3.05, 3.63) is 35.9 Å². The molecule has 1 aromatic rings. The van der Waals surface area contributed by atoms with E-state index < -0.39 is 0 Å². The predicted molar refractivity (Wildman–Crippen MR) is 83.4 cm³/mol. The SMILES string of the molecule is CC1CN(CC(C)(C)C(N)c2ccccc2)CCC1O. The van der Waals surface area contributed by atoms with E-state index in [0.29, 0.717) is 5.92 Å². The van der Waals surface area contributed by atoms with E-state index in [9.17, 15) is 5.11 Å². The number of likely N-dealkylation sites (tertiary alicyclic amines) is 1. The van der Waals surface area contributed by atoms with Gasteiger partial charge in [0.15, 0.2) is 0 Å². The number of benzene rings is 1. The Balaban J connectivity index is 2.00. The zero-order valence-electron chi connectivity index (χ0n) is 12.9. The van der Waals surface area contributed by atoms with Crippen LogP contribution in [0.15, 0.2) is 30.3 Å². The predicted octanol–water partition coefficient (Wildman–Crippen LogP) is 2.42. The maximum absolute atomic E-state index is 9.83. The highest BCUT2D eigenvalue weighted by atomic mass is 16.3. The van der Waals surface area contributed by atoms with Crippen molar-refractivity contribution < 1.29 is 5.11 Å². The Kier molecular flexibility index (Phi) is 4.84. The lowest BCUT2D eigenvalue weighted by Gasteiger charge is -2.41. The van der Waals surface area contributed by atoms with Crippen LogP contribution in [0.25, 0.3) is 0 Å². The van der Waals surface area contributed by atoms with Crippen molar-refractivity contribution in [3.63, 3.8) is 0 Å². The largest absolute Gasteiger partial charge is 0.393 e. The number of hydrogen-bond donors (Lipinski definition) is 2. The van der Waals surface area contributed by atoms with E-state index in [1.165, 1.54) is 5.56 Å². The summed E-state index contributed by atoms with van der Waals surface area (Å²) in [6.45, 7) is 9.50. The topological polar surface area (TPSA) is 49.5 Å². The summed E-state index contributed by atoms with van der Waals surface area (Å²) in [6.07, 6.45) is 0.731. The van der Waals surface area contributed by atoms with Crippen LogP contribution in [0.1, 0.15) is 38.8 Å². The molecule has 1 heterocycles. The summed E-state index contributed by atoms with van der Waals surface area (Å²) in [5.74, 6) is 0.354. The maximum atomic E-state index is 9.83. The third-order valence-electron chi connectivity index (χ3n) is 4.58. The molecule has 0 amide bonds. The summed E-state index contributed by atoms with van der Waals surface area (Å²) in [4.78, 5) is 2.44. The highest BCUT2D eigenvalue weighted by molar-refractivity contribution is 5.20. The lowest BCUT2D eigenvalue weighted by molar-refractivity contribution is 0.0174. The van der Waals surface area contributed by atoms with Gasteiger partial charge in [0.05, 0.1) is 6.10 Å². The van der Waals surface area contributed by atoms with Crippen LogP contribution in [-0.2, 0) is 0 Å². The summed E-state index contributed by atoms with van der Waals surface area (Å²) in [5, 5.41) is 9.83. The summed E-state index contributed by atoms with van der Waals surface area (Å²) in [5.41, 5.74) is 7.69. The molecule has 20 heavy (non-hydrogen) atoms. The van der Waals surface area contributed by atoms with E-state index >= 15 is 0 Å². The number of hydrogen-bond acceptors (Lipinski definition) is 3. The fourth-order valence-corrected chi connectivity index (χ4v) is 3.15. The number of aliphatic hydroxyl groups is 1. The first kappa shape index (κ1) is 15.5. The number of aliphatic hydroxyl groups excluding tert-OH is 1. The van der Waals surface area contributed by atoms with Gasteiger partial charge in [-0.05, 0) is 23.3 Å². The fraction of sp³-hybridized carbons (Fsp3) is 0.647. The van der Waals surface area contributed by atoms with Gasteiger partial charge in [-0.25, -0.2) is 0 Å². The van der Waals surface area contributed by atoms with Crippen LogP contribution < -0.4 is 5.73 Å². The molecule has 3 nitrogen and oxygen atoms in total. The number of nitrogens with two attached hydrogens (primary N) is 1. The minimum absolute atomic E-state index is 0.0172. The summed E-state index contributed by atoms with van der Waals surface area (Å²) in [6, 6.07) is 10.4. The molecule has 1 fully saturated rings. The van der Waals surface area contributed by atoms with Crippen molar-refractivity contribution in [2.75, 3.05) is 19.6 Å². The minimum atomic E-state index is -0.142. The Morgan fingerprint density at radius 1 is 1.35 bits per heavy atom. The Bertz CT molecular complexity index is 418. The van der Waals surface area contributed by atoms with Crippen LogP contribution in [0.4, 0.5) is 0 Å². The lowest BCUT2D eigenvalue weighted by atomic mass is 9.80. The smallest absolute Gasteiger partial charge is 0.0590 e. The summed E-state index contributed by atoms with van der Waals surface area (Å²) < 4.78 is 0. The summed E-state index contributed by atoms with van der Waals surface area (Å²) in [7, 11) is 0. The lowest BCUT2D eigenvalue weighted by Crippen LogP contribution is -2.47. The van der Waals surface area contributed by atoms with Gasteiger partial charge in [-0.2, -0.15) is 0 Å². The van der Waals surface area contributed by atoms with Gasteiger partial charge < -0.3 is 15.7 Å². The Labute approximate surface area is 122 Å². The molecule has 1 saturated heterocycles. The molecule has 0 aliphatic carbocycles. The van der Waals surface area contributed by atoms with Gasteiger partial charge in [-0.3, -0.25) is 0 Å². The molecule has 3 N–H and O–H groups in total. The van der Waals surface area contributed by atoms with E-state index in [1.54, 1.807) is 0 Å². The van der Waals surface area contributed by atoms with Crippen molar-refractivity contribution in [3.8, 4) is 0 Å². The standard InChI is InChI=1S/C17H28N2O/c1-13-11-19(10-9-15(13)20)12-17(2,3)16(18)14-7-5-4-6-8-14/h4-8,13,15-16,20H,9-12,18H2,1-3H3. The fourth-order valence-electron chi connectivity index (χ4n) is 3.15. The first-order valence-electron chi connectivity index (χ1n) is 7.61. The van der Waals surface area contributed by atoms with Crippen LogP contribution in [-0.4, -0.2) is 35.7 Å². The molecule has 3 unspecified atom stereocenters. The van der Waals surface area contributed by atoms with Gasteiger partial charge in [0.1, 0.15) is 0 Å². The zero-order chi connectivity index (χ0) is 14.8. The minimum Gasteiger partial charge on any atom is -0.393 e. The molecule has 0 spiro atoms. The van der Waals surface area contributed by atoms with Gasteiger partial charge in [0, 0.05) is 25.7 Å². The number of piperidine rings is 1. The second-order valence-electron chi connectivity index (χ2n) is 6.95. The first-order chi connectivity index (χ1) is 9.40. The molecule has 1 aliphatic rings. The third kappa shape index (κ3) is 3.60. The van der Waals surface area contributed by atoms with Gasteiger partial charge in [-0.1, -0.05) is 51.1 Å². The molecule has 0 radical (unpaired) electrons. The van der Waals surface area contributed by atoms with Crippen molar-refractivity contribution in [2.45, 2.75) is 39.3 Å². The highest BCUT2D eigenvalue weighted by Gasteiger charge is 2.33. The molecule has 1 aliphatic heterocycles. The van der Waals surface area contributed by atoms with Crippen molar-refractivity contribution in [1.29, 1.82) is 0 Å². The van der Waals surface area contributed by atoms with Gasteiger partial charge in [-0.15, -0.1) is 0 Å². The molecule has 3 heteroatoms. The zero-order valence-corrected chi connectivity index (χ0v) is 12.9. The number of rotatable bonds is 4. The second kappa shape index (κ2) is 6.25. The van der Waals surface area contributed by atoms with Crippen LogP contribution in [0, 0.1) is 11.3 Å². The quantitative estimate of drug-likeness (QED) is 0.888. The normalized spacial score (nSPS) is 26.4.